The van der Waals surface area contributed by atoms with E-state index in [1.165, 1.54) is 30.3 Å². The van der Waals surface area contributed by atoms with Crippen LogP contribution in [0.1, 0.15) is 37.3 Å². The van der Waals surface area contributed by atoms with E-state index >= 15 is 0 Å². The summed E-state index contributed by atoms with van der Waals surface area (Å²) in [6.07, 6.45) is -0.228. The van der Waals surface area contributed by atoms with Gasteiger partial charge in [0.05, 0.1) is 6.20 Å². The van der Waals surface area contributed by atoms with Crippen molar-refractivity contribution in [1.82, 2.24) is 10.3 Å². The maximum Gasteiger partial charge on any atom is 0.252 e. The molecular formula is C28H23ClF4N4O3. The lowest BCUT2D eigenvalue weighted by Crippen LogP contribution is -2.56. The summed E-state index contributed by atoms with van der Waals surface area (Å²) in [5.74, 6) is -6.25. The van der Waals surface area contributed by atoms with Crippen LogP contribution in [-0.2, 0) is 14.4 Å². The molecular weight excluding hydrogens is 552 g/mol. The third-order valence-electron chi connectivity index (χ3n) is 6.92. The van der Waals surface area contributed by atoms with E-state index in [4.69, 9.17) is 11.6 Å². The van der Waals surface area contributed by atoms with Crippen LogP contribution in [0.3, 0.4) is 0 Å². The van der Waals surface area contributed by atoms with Gasteiger partial charge in [0, 0.05) is 41.6 Å². The van der Waals surface area contributed by atoms with Crippen molar-refractivity contribution in [2.75, 3.05) is 9.80 Å². The Balaban J connectivity index is 1.60. The van der Waals surface area contributed by atoms with Gasteiger partial charge in [0.25, 0.3) is 11.8 Å². The predicted octanol–water partition coefficient (Wildman–Crippen LogP) is 5.20. The molecule has 2 aromatic carbocycles. The van der Waals surface area contributed by atoms with Gasteiger partial charge in [-0.25, -0.2) is 22.5 Å². The van der Waals surface area contributed by atoms with E-state index in [0.29, 0.717) is 0 Å². The lowest BCUT2D eigenvalue weighted by atomic mass is 9.87. The number of rotatable bonds is 7. The number of carbonyl (C=O) groups excluding carboxylic acids is 3. The molecule has 2 aliphatic rings. The zero-order valence-electron chi connectivity index (χ0n) is 20.9. The first kappa shape index (κ1) is 27.6. The second-order valence-corrected chi connectivity index (χ2v) is 10.1. The van der Waals surface area contributed by atoms with Crippen LogP contribution in [-0.4, -0.2) is 40.7 Å². The summed E-state index contributed by atoms with van der Waals surface area (Å²) < 4.78 is 55.1. The first-order valence-electron chi connectivity index (χ1n) is 12.5. The molecule has 1 saturated heterocycles. The highest BCUT2D eigenvalue weighted by Crippen LogP contribution is 2.39. The molecule has 2 fully saturated rings. The summed E-state index contributed by atoms with van der Waals surface area (Å²) in [5.41, 5.74) is 0.150. The fourth-order valence-corrected chi connectivity index (χ4v) is 5.28. The molecule has 208 valence electrons. The molecule has 1 N–H and O–H groups in total. The van der Waals surface area contributed by atoms with E-state index in [1.807, 2.05) is 0 Å². The lowest BCUT2D eigenvalue weighted by Gasteiger charge is -2.39. The minimum Gasteiger partial charge on any atom is -0.351 e. The van der Waals surface area contributed by atoms with Gasteiger partial charge in [-0.3, -0.25) is 24.2 Å². The molecule has 0 unspecified atom stereocenters. The Hall–Kier alpha value is -3.99. The standard InChI is InChI=1S/C28H23ClF4N4O3/c29-21-7-2-1-6-20(21)25(26(39)35-18-13-28(32,33)14-18)36(19-5-3-4-16(30)12-19)27(40)22-9-11-24(38)37(22)23-10-8-17(31)15-34-23/h1-8,10,12,15,18,22,25H,9,11,13-14H2,(H,35,39)/t22-,25-/m0/s1. The van der Waals surface area contributed by atoms with Gasteiger partial charge >= 0.3 is 0 Å². The summed E-state index contributed by atoms with van der Waals surface area (Å²) in [7, 11) is 0. The number of hydrogen-bond donors (Lipinski definition) is 1. The zero-order chi connectivity index (χ0) is 28.6. The van der Waals surface area contributed by atoms with Crippen molar-refractivity contribution in [2.45, 2.75) is 49.7 Å². The smallest absolute Gasteiger partial charge is 0.252 e. The van der Waals surface area contributed by atoms with Crippen LogP contribution in [0.4, 0.5) is 29.1 Å². The first-order valence-corrected chi connectivity index (χ1v) is 12.9. The van der Waals surface area contributed by atoms with Gasteiger partial charge in [0.2, 0.25) is 11.8 Å². The molecule has 1 aromatic heterocycles. The topological polar surface area (TPSA) is 82.6 Å². The lowest BCUT2D eigenvalue weighted by molar-refractivity contribution is -0.133. The maximum absolute atomic E-state index is 14.5. The highest BCUT2D eigenvalue weighted by molar-refractivity contribution is 6.31. The van der Waals surface area contributed by atoms with Gasteiger partial charge in [-0.1, -0.05) is 35.9 Å². The molecule has 0 spiro atoms. The van der Waals surface area contributed by atoms with Crippen LogP contribution in [0.15, 0.2) is 66.9 Å². The molecule has 7 nitrogen and oxygen atoms in total. The minimum atomic E-state index is -2.91. The molecule has 3 amide bonds. The van der Waals surface area contributed by atoms with Crippen molar-refractivity contribution in [2.24, 2.45) is 0 Å². The number of alkyl halides is 2. The van der Waals surface area contributed by atoms with E-state index in [2.05, 4.69) is 10.3 Å². The van der Waals surface area contributed by atoms with E-state index in [0.717, 1.165) is 34.2 Å². The van der Waals surface area contributed by atoms with Crippen molar-refractivity contribution in [1.29, 1.82) is 0 Å². The van der Waals surface area contributed by atoms with E-state index < -0.39 is 66.2 Å². The SMILES string of the molecule is O=C(NC1CC(F)(F)C1)[C@H](c1ccccc1Cl)N(C(=O)[C@@H]1CCC(=O)N1c1ccc(F)cn1)c1cccc(F)c1. The van der Waals surface area contributed by atoms with Gasteiger partial charge in [0.15, 0.2) is 0 Å². The maximum atomic E-state index is 14.5. The Morgan fingerprint density at radius 2 is 1.80 bits per heavy atom. The van der Waals surface area contributed by atoms with Crippen molar-refractivity contribution in [3.05, 3.63) is 89.1 Å². The third kappa shape index (κ3) is 5.51. The second-order valence-electron chi connectivity index (χ2n) is 9.73. The monoisotopic (exact) mass is 574 g/mol. The number of benzene rings is 2. The zero-order valence-corrected chi connectivity index (χ0v) is 21.6. The van der Waals surface area contributed by atoms with Crippen LogP contribution >= 0.6 is 11.6 Å². The summed E-state index contributed by atoms with van der Waals surface area (Å²) in [4.78, 5) is 47.0. The average molecular weight is 575 g/mol. The van der Waals surface area contributed by atoms with E-state index in [1.54, 1.807) is 12.1 Å². The van der Waals surface area contributed by atoms with Crippen LogP contribution in [0, 0.1) is 11.6 Å². The number of amides is 3. The second kappa shape index (κ2) is 10.9. The molecule has 3 aromatic rings. The normalized spacial score (nSPS) is 19.2. The summed E-state index contributed by atoms with van der Waals surface area (Å²) in [5, 5.41) is 2.67. The van der Waals surface area contributed by atoms with Gasteiger partial charge in [-0.15, -0.1) is 0 Å². The fourth-order valence-electron chi connectivity index (χ4n) is 5.04. The molecule has 1 aliphatic carbocycles. The van der Waals surface area contributed by atoms with Gasteiger partial charge in [0.1, 0.15) is 29.5 Å². The Bertz CT molecular complexity index is 1450. The van der Waals surface area contributed by atoms with Gasteiger partial charge in [-0.05, 0) is 42.8 Å². The third-order valence-corrected chi connectivity index (χ3v) is 7.27. The Kier molecular flexibility index (Phi) is 7.50. The summed E-state index contributed by atoms with van der Waals surface area (Å²) in [6.45, 7) is 0. The number of anilines is 2. The fraction of sp³-hybridized carbons (Fsp3) is 0.286. The van der Waals surface area contributed by atoms with Crippen LogP contribution in [0.5, 0.6) is 0 Å². The number of nitrogens with one attached hydrogen (secondary N) is 1. The molecule has 2 heterocycles. The quantitative estimate of drug-likeness (QED) is 0.394. The van der Waals surface area contributed by atoms with Crippen LogP contribution in [0.2, 0.25) is 5.02 Å². The summed E-state index contributed by atoms with van der Waals surface area (Å²) >= 11 is 6.46. The predicted molar refractivity (Wildman–Crippen MR) is 139 cm³/mol. The molecule has 1 saturated carbocycles. The highest BCUT2D eigenvalue weighted by atomic mass is 35.5. The highest BCUT2D eigenvalue weighted by Gasteiger charge is 2.48. The number of halogens is 5. The average Bonchev–Trinajstić information content (AvgIpc) is 3.28. The minimum absolute atomic E-state index is 0.0182. The Labute approximate surface area is 231 Å². The first-order chi connectivity index (χ1) is 19.0. The molecule has 2 atom stereocenters. The van der Waals surface area contributed by atoms with Gasteiger partial charge < -0.3 is 5.32 Å². The van der Waals surface area contributed by atoms with Crippen molar-refractivity contribution < 1.29 is 31.9 Å². The number of nitrogens with zero attached hydrogens (tertiary/aromatic N) is 3. The van der Waals surface area contributed by atoms with Crippen molar-refractivity contribution >= 4 is 40.8 Å². The van der Waals surface area contributed by atoms with Crippen molar-refractivity contribution in [3.63, 3.8) is 0 Å². The number of hydrogen-bond acceptors (Lipinski definition) is 4. The van der Waals surface area contributed by atoms with Gasteiger partial charge in [-0.2, -0.15) is 0 Å². The Morgan fingerprint density at radius 3 is 2.45 bits per heavy atom. The van der Waals surface area contributed by atoms with Crippen molar-refractivity contribution in [3.8, 4) is 0 Å². The number of pyridine rings is 1. The Morgan fingerprint density at radius 1 is 1.05 bits per heavy atom. The molecule has 0 radical (unpaired) electrons. The summed E-state index contributed by atoms with van der Waals surface area (Å²) in [6, 6.07) is 9.96. The number of carbonyl (C=O) groups is 3. The molecule has 40 heavy (non-hydrogen) atoms. The number of aromatic nitrogens is 1. The molecule has 12 heteroatoms. The molecule has 5 rings (SSSR count). The molecule has 0 bridgehead atoms. The van der Waals surface area contributed by atoms with Crippen LogP contribution in [0.25, 0.3) is 0 Å². The van der Waals surface area contributed by atoms with E-state index in [9.17, 15) is 31.9 Å². The largest absolute Gasteiger partial charge is 0.351 e. The molecule has 1 aliphatic heterocycles. The van der Waals surface area contributed by atoms with E-state index in [-0.39, 0.29) is 34.9 Å². The van der Waals surface area contributed by atoms with Crippen LogP contribution < -0.4 is 15.1 Å².